The van der Waals surface area contributed by atoms with E-state index in [1.165, 1.54) is 11.1 Å². The van der Waals surface area contributed by atoms with Crippen molar-refractivity contribution in [1.82, 2.24) is 5.32 Å². The number of carbonyl (C=O) groups is 1. The second kappa shape index (κ2) is 4.98. The van der Waals surface area contributed by atoms with Gasteiger partial charge in [0, 0.05) is 6.04 Å². The molecule has 0 fully saturated rings. The highest BCUT2D eigenvalue weighted by molar-refractivity contribution is 5.82. The molecule has 108 valence electrons. The van der Waals surface area contributed by atoms with Gasteiger partial charge in [0.25, 0.3) is 0 Å². The average Bonchev–Trinajstić information content (AvgIpc) is 2.99. The van der Waals surface area contributed by atoms with E-state index in [2.05, 4.69) is 5.32 Å². The van der Waals surface area contributed by atoms with Gasteiger partial charge in [0.05, 0.1) is 6.04 Å². The molecular formula is C15H20N2O3. The quantitative estimate of drug-likeness (QED) is 0.863. The molecule has 1 aromatic rings. The largest absolute Gasteiger partial charge is 0.454 e. The monoisotopic (exact) mass is 276 g/mol. The first kappa shape index (κ1) is 13.2. The molecule has 1 heterocycles. The molecule has 0 saturated carbocycles. The Kier molecular flexibility index (Phi) is 3.30. The Hall–Kier alpha value is -1.75. The van der Waals surface area contributed by atoms with Gasteiger partial charge in [-0.25, -0.2) is 0 Å². The predicted octanol–water partition coefficient (Wildman–Crippen LogP) is 0.982. The minimum Gasteiger partial charge on any atom is -0.454 e. The first-order valence-corrected chi connectivity index (χ1v) is 7.02. The summed E-state index contributed by atoms with van der Waals surface area (Å²) in [5.74, 6) is 1.67. The second-order valence-electron chi connectivity index (χ2n) is 5.86. The molecule has 5 nitrogen and oxygen atoms in total. The van der Waals surface area contributed by atoms with Crippen LogP contribution in [-0.2, 0) is 17.6 Å². The van der Waals surface area contributed by atoms with Gasteiger partial charge in [0.15, 0.2) is 11.5 Å². The predicted molar refractivity (Wildman–Crippen MR) is 74.7 cm³/mol. The molecular weight excluding hydrogens is 256 g/mol. The van der Waals surface area contributed by atoms with E-state index in [9.17, 15) is 4.79 Å². The number of rotatable bonds is 3. The summed E-state index contributed by atoms with van der Waals surface area (Å²) in [6.45, 7) is 4.20. The maximum Gasteiger partial charge on any atom is 0.237 e. The first-order valence-electron chi connectivity index (χ1n) is 7.02. The van der Waals surface area contributed by atoms with E-state index in [1.54, 1.807) is 0 Å². The highest BCUT2D eigenvalue weighted by atomic mass is 16.7. The number of nitrogens with one attached hydrogen (secondary N) is 1. The molecule has 1 unspecified atom stereocenters. The van der Waals surface area contributed by atoms with Crippen molar-refractivity contribution in [2.75, 3.05) is 6.79 Å². The van der Waals surface area contributed by atoms with E-state index >= 15 is 0 Å². The number of ether oxygens (including phenoxy) is 2. The topological polar surface area (TPSA) is 73.6 Å². The lowest BCUT2D eigenvalue weighted by Crippen LogP contribution is -2.48. The lowest BCUT2D eigenvalue weighted by atomic mass is 10.0. The molecule has 1 aromatic carbocycles. The summed E-state index contributed by atoms with van der Waals surface area (Å²) in [6, 6.07) is 3.71. The molecule has 1 aliphatic carbocycles. The summed E-state index contributed by atoms with van der Waals surface area (Å²) in [7, 11) is 0. The molecule has 1 aliphatic heterocycles. The third-order valence-electron chi connectivity index (χ3n) is 3.99. The smallest absolute Gasteiger partial charge is 0.237 e. The van der Waals surface area contributed by atoms with Gasteiger partial charge in [0.1, 0.15) is 0 Å². The summed E-state index contributed by atoms with van der Waals surface area (Å²) < 4.78 is 10.8. The maximum absolute atomic E-state index is 12.0. The lowest BCUT2D eigenvalue weighted by molar-refractivity contribution is -0.123. The fourth-order valence-corrected chi connectivity index (χ4v) is 2.71. The van der Waals surface area contributed by atoms with Gasteiger partial charge in [-0.2, -0.15) is 0 Å². The molecule has 1 amide bonds. The summed E-state index contributed by atoms with van der Waals surface area (Å²) in [5.41, 5.74) is 8.31. The maximum atomic E-state index is 12.0. The van der Waals surface area contributed by atoms with Crippen LogP contribution in [0.4, 0.5) is 0 Å². The van der Waals surface area contributed by atoms with Gasteiger partial charge in [-0.1, -0.05) is 13.8 Å². The van der Waals surface area contributed by atoms with Gasteiger partial charge in [-0.3, -0.25) is 4.79 Å². The van der Waals surface area contributed by atoms with E-state index in [-0.39, 0.29) is 17.9 Å². The Balaban J connectivity index is 1.67. The van der Waals surface area contributed by atoms with Crippen LogP contribution in [0.3, 0.4) is 0 Å². The van der Waals surface area contributed by atoms with Gasteiger partial charge >= 0.3 is 0 Å². The van der Waals surface area contributed by atoms with Crippen molar-refractivity contribution >= 4 is 5.91 Å². The Labute approximate surface area is 118 Å². The van der Waals surface area contributed by atoms with Crippen molar-refractivity contribution in [2.45, 2.75) is 38.8 Å². The van der Waals surface area contributed by atoms with Crippen molar-refractivity contribution in [1.29, 1.82) is 0 Å². The zero-order valence-electron chi connectivity index (χ0n) is 11.8. The average molecular weight is 276 g/mol. The van der Waals surface area contributed by atoms with E-state index in [0.717, 1.165) is 24.3 Å². The summed E-state index contributed by atoms with van der Waals surface area (Å²) >= 11 is 0. The molecule has 5 heteroatoms. The minimum atomic E-state index is -0.449. The molecule has 0 radical (unpaired) electrons. The van der Waals surface area contributed by atoms with Gasteiger partial charge in [-0.15, -0.1) is 0 Å². The molecule has 0 bridgehead atoms. The molecule has 0 aromatic heterocycles. The van der Waals surface area contributed by atoms with Crippen LogP contribution < -0.4 is 20.5 Å². The molecule has 3 N–H and O–H groups in total. The Morgan fingerprint density at radius 2 is 1.80 bits per heavy atom. The number of amides is 1. The normalized spacial score (nSPS) is 18.2. The number of fused-ring (bicyclic) bond motifs is 2. The summed E-state index contributed by atoms with van der Waals surface area (Å²) in [4.78, 5) is 12.0. The zero-order valence-corrected chi connectivity index (χ0v) is 11.8. The van der Waals surface area contributed by atoms with E-state index in [0.29, 0.717) is 6.79 Å². The number of benzene rings is 1. The van der Waals surface area contributed by atoms with E-state index in [4.69, 9.17) is 15.2 Å². The second-order valence-corrected chi connectivity index (χ2v) is 5.86. The fraction of sp³-hybridized carbons (Fsp3) is 0.533. The summed E-state index contributed by atoms with van der Waals surface area (Å²) in [6.07, 6.45) is 1.64. The fourth-order valence-electron chi connectivity index (χ4n) is 2.71. The van der Waals surface area contributed by atoms with Crippen LogP contribution >= 0.6 is 0 Å². The SMILES string of the molecule is CC(C)C(N)C(=O)NC1Cc2cc3c(cc2C1)OCO3. The van der Waals surface area contributed by atoms with Crippen LogP contribution in [0, 0.1) is 5.92 Å². The van der Waals surface area contributed by atoms with Crippen LogP contribution in [0.1, 0.15) is 25.0 Å². The van der Waals surface area contributed by atoms with Crippen molar-refractivity contribution in [3.8, 4) is 11.5 Å². The molecule has 1 atom stereocenters. The molecule has 20 heavy (non-hydrogen) atoms. The van der Waals surface area contributed by atoms with Crippen LogP contribution in [0.15, 0.2) is 12.1 Å². The molecule has 0 saturated heterocycles. The molecule has 0 spiro atoms. The Morgan fingerprint density at radius 1 is 1.25 bits per heavy atom. The standard InChI is InChI=1S/C15H20N2O3/c1-8(2)14(16)15(18)17-11-3-9-5-12-13(20-7-19-12)6-10(9)4-11/h5-6,8,11,14H,3-4,7,16H2,1-2H3,(H,17,18). The van der Waals surface area contributed by atoms with Crippen molar-refractivity contribution in [3.63, 3.8) is 0 Å². The van der Waals surface area contributed by atoms with Gasteiger partial charge < -0.3 is 20.5 Å². The third kappa shape index (κ3) is 2.33. The van der Waals surface area contributed by atoms with Crippen LogP contribution in [-0.4, -0.2) is 24.8 Å². The Bertz CT molecular complexity index is 509. The number of nitrogens with two attached hydrogens (primary N) is 1. The summed E-state index contributed by atoms with van der Waals surface area (Å²) in [5, 5.41) is 3.04. The number of carbonyl (C=O) groups excluding carboxylic acids is 1. The number of hydrogen-bond donors (Lipinski definition) is 2. The van der Waals surface area contributed by atoms with Crippen LogP contribution in [0.25, 0.3) is 0 Å². The first-order chi connectivity index (χ1) is 9.54. The van der Waals surface area contributed by atoms with Crippen molar-refractivity contribution in [2.24, 2.45) is 11.7 Å². The lowest BCUT2D eigenvalue weighted by Gasteiger charge is -2.18. The molecule has 3 rings (SSSR count). The van der Waals surface area contributed by atoms with Crippen molar-refractivity contribution < 1.29 is 14.3 Å². The van der Waals surface area contributed by atoms with Crippen LogP contribution in [0.2, 0.25) is 0 Å². The molecule has 2 aliphatic rings. The van der Waals surface area contributed by atoms with E-state index in [1.807, 2.05) is 26.0 Å². The minimum absolute atomic E-state index is 0.0714. The van der Waals surface area contributed by atoms with Gasteiger partial charge in [0.2, 0.25) is 12.7 Å². The third-order valence-corrected chi connectivity index (χ3v) is 3.99. The highest BCUT2D eigenvalue weighted by Crippen LogP contribution is 2.37. The van der Waals surface area contributed by atoms with E-state index < -0.39 is 6.04 Å². The van der Waals surface area contributed by atoms with Crippen LogP contribution in [0.5, 0.6) is 11.5 Å². The zero-order chi connectivity index (χ0) is 14.3. The van der Waals surface area contributed by atoms with Crippen molar-refractivity contribution in [3.05, 3.63) is 23.3 Å². The number of hydrogen-bond acceptors (Lipinski definition) is 4. The Morgan fingerprint density at radius 3 is 2.30 bits per heavy atom. The van der Waals surface area contributed by atoms with Gasteiger partial charge in [-0.05, 0) is 42.0 Å². The highest BCUT2D eigenvalue weighted by Gasteiger charge is 2.28.